The van der Waals surface area contributed by atoms with Crippen LogP contribution in [0.2, 0.25) is 0 Å². The van der Waals surface area contributed by atoms with Gasteiger partial charge in [-0.3, -0.25) is 0 Å². The molecule has 0 radical (unpaired) electrons. The second-order valence-corrected chi connectivity index (χ2v) is 5.60. The van der Waals surface area contributed by atoms with Gasteiger partial charge in [-0.1, -0.05) is 6.07 Å². The average Bonchev–Trinajstić information content (AvgIpc) is 2.74. The third kappa shape index (κ3) is 2.15. The van der Waals surface area contributed by atoms with E-state index in [1.54, 1.807) is 0 Å². The number of nitrogens with zero attached hydrogens (tertiary/aromatic N) is 3. The molecule has 1 aliphatic heterocycles. The molecule has 0 aromatic carbocycles. The Balaban J connectivity index is 1.84. The molecule has 0 N–H and O–H groups in total. The van der Waals surface area contributed by atoms with E-state index in [1.807, 2.05) is 6.20 Å². The number of imidazole rings is 1. The summed E-state index contributed by atoms with van der Waals surface area (Å²) < 4.78 is 2.25. The largest absolute Gasteiger partial charge is 0.306 e. The summed E-state index contributed by atoms with van der Waals surface area (Å²) >= 11 is 0. The van der Waals surface area contributed by atoms with E-state index in [2.05, 4.69) is 46.6 Å². The maximum atomic E-state index is 4.62. The quantitative estimate of drug-likeness (QED) is 0.808. The summed E-state index contributed by atoms with van der Waals surface area (Å²) in [6, 6.07) is 4.26. The number of piperidine rings is 1. The standard InChI is InChI=1S/C15H21N3/c1-12-5-3-8-18-14(12)10-16-15(18)9-13-6-4-7-17(2)11-13/h3,5,8,10,13H,4,6-7,9,11H2,1-2H3. The Bertz CT molecular complexity index is 544. The fraction of sp³-hybridized carbons (Fsp3) is 0.533. The van der Waals surface area contributed by atoms with Crippen molar-refractivity contribution in [3.8, 4) is 0 Å². The lowest BCUT2D eigenvalue weighted by molar-refractivity contribution is 0.207. The maximum absolute atomic E-state index is 4.62. The van der Waals surface area contributed by atoms with Crippen LogP contribution in [0.1, 0.15) is 24.2 Å². The highest BCUT2D eigenvalue weighted by atomic mass is 15.1. The zero-order valence-corrected chi connectivity index (χ0v) is 11.3. The van der Waals surface area contributed by atoms with Crippen LogP contribution in [0.4, 0.5) is 0 Å². The second-order valence-electron chi connectivity index (χ2n) is 5.60. The lowest BCUT2D eigenvalue weighted by atomic mass is 9.95. The van der Waals surface area contributed by atoms with Crippen molar-refractivity contribution < 1.29 is 0 Å². The van der Waals surface area contributed by atoms with Crippen LogP contribution in [-0.2, 0) is 6.42 Å². The van der Waals surface area contributed by atoms with Crippen molar-refractivity contribution in [1.82, 2.24) is 14.3 Å². The molecule has 1 aliphatic rings. The fourth-order valence-corrected chi connectivity index (χ4v) is 3.07. The van der Waals surface area contributed by atoms with E-state index in [9.17, 15) is 0 Å². The molecule has 1 fully saturated rings. The zero-order valence-electron chi connectivity index (χ0n) is 11.3. The minimum atomic E-state index is 0.759. The van der Waals surface area contributed by atoms with Gasteiger partial charge in [0.05, 0.1) is 11.7 Å². The summed E-state index contributed by atoms with van der Waals surface area (Å²) in [6.45, 7) is 4.61. The summed E-state index contributed by atoms with van der Waals surface area (Å²) in [7, 11) is 2.22. The van der Waals surface area contributed by atoms with Crippen molar-refractivity contribution >= 4 is 5.52 Å². The van der Waals surface area contributed by atoms with E-state index in [1.165, 1.54) is 42.8 Å². The third-order valence-electron chi connectivity index (χ3n) is 4.05. The number of aromatic nitrogens is 2. The highest BCUT2D eigenvalue weighted by Crippen LogP contribution is 2.20. The van der Waals surface area contributed by atoms with Crippen LogP contribution < -0.4 is 0 Å². The molecule has 3 heteroatoms. The van der Waals surface area contributed by atoms with Crippen LogP contribution in [-0.4, -0.2) is 34.4 Å². The van der Waals surface area contributed by atoms with Gasteiger partial charge in [-0.2, -0.15) is 0 Å². The topological polar surface area (TPSA) is 20.5 Å². The van der Waals surface area contributed by atoms with Crippen molar-refractivity contribution in [3.63, 3.8) is 0 Å². The SMILES string of the molecule is Cc1cccn2c(CC3CCCN(C)C3)ncc12. The Kier molecular flexibility index (Phi) is 3.08. The molecule has 0 aliphatic carbocycles. The summed E-state index contributed by atoms with van der Waals surface area (Å²) in [6.07, 6.45) is 7.91. The summed E-state index contributed by atoms with van der Waals surface area (Å²) in [5, 5.41) is 0. The van der Waals surface area contributed by atoms with Crippen molar-refractivity contribution in [2.24, 2.45) is 5.92 Å². The molecule has 3 rings (SSSR count). The van der Waals surface area contributed by atoms with Gasteiger partial charge in [-0.15, -0.1) is 0 Å². The molecule has 1 saturated heterocycles. The Morgan fingerprint density at radius 3 is 3.17 bits per heavy atom. The van der Waals surface area contributed by atoms with E-state index in [0.29, 0.717) is 0 Å². The van der Waals surface area contributed by atoms with Crippen molar-refractivity contribution in [1.29, 1.82) is 0 Å². The van der Waals surface area contributed by atoms with Crippen molar-refractivity contribution in [3.05, 3.63) is 35.9 Å². The molecule has 0 bridgehead atoms. The number of hydrogen-bond acceptors (Lipinski definition) is 2. The molecule has 1 atom stereocenters. The molecule has 0 saturated carbocycles. The highest BCUT2D eigenvalue weighted by molar-refractivity contribution is 5.53. The van der Waals surface area contributed by atoms with Gasteiger partial charge < -0.3 is 9.30 Å². The van der Waals surface area contributed by atoms with Gasteiger partial charge in [0.1, 0.15) is 5.82 Å². The van der Waals surface area contributed by atoms with Gasteiger partial charge in [0, 0.05) is 19.2 Å². The monoisotopic (exact) mass is 243 g/mol. The maximum Gasteiger partial charge on any atom is 0.113 e. The first kappa shape index (κ1) is 11.7. The summed E-state index contributed by atoms with van der Waals surface area (Å²) in [4.78, 5) is 7.06. The Morgan fingerprint density at radius 1 is 1.44 bits per heavy atom. The van der Waals surface area contributed by atoms with Gasteiger partial charge in [-0.25, -0.2) is 4.98 Å². The summed E-state index contributed by atoms with van der Waals surface area (Å²) in [5.41, 5.74) is 2.55. The Morgan fingerprint density at radius 2 is 2.33 bits per heavy atom. The molecule has 1 unspecified atom stereocenters. The molecular weight excluding hydrogens is 222 g/mol. The molecule has 18 heavy (non-hydrogen) atoms. The Hall–Kier alpha value is -1.35. The molecule has 96 valence electrons. The van der Waals surface area contributed by atoms with Crippen LogP contribution in [0.5, 0.6) is 0 Å². The van der Waals surface area contributed by atoms with E-state index in [-0.39, 0.29) is 0 Å². The minimum Gasteiger partial charge on any atom is -0.306 e. The first-order valence-electron chi connectivity index (χ1n) is 6.84. The minimum absolute atomic E-state index is 0.759. The lowest BCUT2D eigenvalue weighted by Gasteiger charge is -2.29. The predicted octanol–water partition coefficient (Wildman–Crippen LogP) is 2.53. The smallest absolute Gasteiger partial charge is 0.113 e. The molecular formula is C15H21N3. The zero-order chi connectivity index (χ0) is 12.5. The van der Waals surface area contributed by atoms with E-state index in [0.717, 1.165) is 12.3 Å². The number of likely N-dealkylation sites (tertiary alicyclic amines) is 1. The van der Waals surface area contributed by atoms with Gasteiger partial charge in [-0.05, 0) is 50.9 Å². The first-order chi connectivity index (χ1) is 8.74. The van der Waals surface area contributed by atoms with Crippen LogP contribution >= 0.6 is 0 Å². The second kappa shape index (κ2) is 4.73. The van der Waals surface area contributed by atoms with Gasteiger partial charge in [0.15, 0.2) is 0 Å². The molecule has 0 amide bonds. The van der Waals surface area contributed by atoms with E-state index < -0.39 is 0 Å². The van der Waals surface area contributed by atoms with Crippen molar-refractivity contribution in [2.45, 2.75) is 26.2 Å². The Labute approximate surface area is 108 Å². The van der Waals surface area contributed by atoms with Gasteiger partial charge >= 0.3 is 0 Å². The highest BCUT2D eigenvalue weighted by Gasteiger charge is 2.19. The molecule has 3 heterocycles. The number of aryl methyl sites for hydroxylation is 1. The van der Waals surface area contributed by atoms with Crippen LogP contribution in [0.3, 0.4) is 0 Å². The lowest BCUT2D eigenvalue weighted by Crippen LogP contribution is -2.33. The van der Waals surface area contributed by atoms with Crippen LogP contribution in [0.15, 0.2) is 24.5 Å². The molecule has 2 aromatic rings. The predicted molar refractivity (Wildman–Crippen MR) is 73.9 cm³/mol. The number of fused-ring (bicyclic) bond motifs is 1. The average molecular weight is 243 g/mol. The number of pyridine rings is 1. The fourth-order valence-electron chi connectivity index (χ4n) is 3.07. The first-order valence-corrected chi connectivity index (χ1v) is 6.84. The molecule has 2 aromatic heterocycles. The number of rotatable bonds is 2. The van der Waals surface area contributed by atoms with Crippen LogP contribution in [0, 0.1) is 12.8 Å². The molecule has 0 spiro atoms. The van der Waals surface area contributed by atoms with Crippen molar-refractivity contribution in [2.75, 3.05) is 20.1 Å². The van der Waals surface area contributed by atoms with E-state index >= 15 is 0 Å². The summed E-state index contributed by atoms with van der Waals surface area (Å²) in [5.74, 6) is 1.98. The van der Waals surface area contributed by atoms with E-state index in [4.69, 9.17) is 0 Å². The normalized spacial score (nSPS) is 21.6. The van der Waals surface area contributed by atoms with Gasteiger partial charge in [0.2, 0.25) is 0 Å². The van der Waals surface area contributed by atoms with Crippen LogP contribution in [0.25, 0.3) is 5.52 Å². The number of hydrogen-bond donors (Lipinski definition) is 0. The molecule has 3 nitrogen and oxygen atoms in total. The third-order valence-corrected chi connectivity index (χ3v) is 4.05. The van der Waals surface area contributed by atoms with Gasteiger partial charge in [0.25, 0.3) is 0 Å².